The summed E-state index contributed by atoms with van der Waals surface area (Å²) in [5.41, 5.74) is 3.11. The van der Waals surface area contributed by atoms with E-state index in [1.165, 1.54) is 5.56 Å². The van der Waals surface area contributed by atoms with Gasteiger partial charge >= 0.3 is 0 Å². The van der Waals surface area contributed by atoms with Crippen molar-refractivity contribution < 1.29 is 9.21 Å². The predicted octanol–water partition coefficient (Wildman–Crippen LogP) is 3.91. The number of carbonyl (C=O) groups excluding carboxylic acids is 1. The highest BCUT2D eigenvalue weighted by atomic mass is 79.9. The van der Waals surface area contributed by atoms with Crippen LogP contribution >= 0.6 is 15.9 Å². The van der Waals surface area contributed by atoms with E-state index in [0.717, 1.165) is 11.3 Å². The molecule has 1 aromatic heterocycles. The van der Waals surface area contributed by atoms with Crippen LogP contribution in [-0.2, 0) is 0 Å². The van der Waals surface area contributed by atoms with E-state index in [1.54, 1.807) is 12.1 Å². The van der Waals surface area contributed by atoms with Crippen LogP contribution in [0, 0.1) is 13.8 Å². The van der Waals surface area contributed by atoms with Gasteiger partial charge in [-0.1, -0.05) is 6.07 Å². The fraction of sp³-hybridized carbons (Fsp3) is 0.154. The fourth-order valence-corrected chi connectivity index (χ4v) is 1.75. The van der Waals surface area contributed by atoms with Gasteiger partial charge in [0.15, 0.2) is 10.4 Å². The molecular weight excluding hydrogens is 282 g/mol. The van der Waals surface area contributed by atoms with Crippen molar-refractivity contribution in [2.45, 2.75) is 13.8 Å². The summed E-state index contributed by atoms with van der Waals surface area (Å²) in [5, 5.41) is 2.79. The molecule has 3 nitrogen and oxygen atoms in total. The van der Waals surface area contributed by atoms with E-state index in [0.29, 0.717) is 4.67 Å². The molecule has 0 spiro atoms. The van der Waals surface area contributed by atoms with Crippen LogP contribution in [0.25, 0.3) is 0 Å². The number of rotatable bonds is 2. The van der Waals surface area contributed by atoms with Gasteiger partial charge in [0.05, 0.1) is 0 Å². The zero-order valence-electron chi connectivity index (χ0n) is 9.58. The Balaban J connectivity index is 2.15. The minimum Gasteiger partial charge on any atom is -0.444 e. The lowest BCUT2D eigenvalue weighted by Crippen LogP contribution is -2.10. The molecule has 0 saturated carbocycles. The van der Waals surface area contributed by atoms with E-state index in [1.807, 2.05) is 32.0 Å². The minimum absolute atomic E-state index is 0.251. The molecule has 0 unspecified atom stereocenters. The van der Waals surface area contributed by atoms with E-state index in [9.17, 15) is 4.79 Å². The highest BCUT2D eigenvalue weighted by molar-refractivity contribution is 9.10. The normalized spacial score (nSPS) is 10.3. The topological polar surface area (TPSA) is 42.2 Å². The molecule has 2 aromatic rings. The molecular formula is C13H12BrNO2. The fourth-order valence-electron chi connectivity index (χ4n) is 1.45. The largest absolute Gasteiger partial charge is 0.444 e. The van der Waals surface area contributed by atoms with Crippen molar-refractivity contribution in [2.75, 3.05) is 5.32 Å². The van der Waals surface area contributed by atoms with Gasteiger partial charge in [0.2, 0.25) is 0 Å². The maximum Gasteiger partial charge on any atom is 0.291 e. The maximum atomic E-state index is 11.8. The van der Waals surface area contributed by atoms with Crippen LogP contribution in [0.2, 0.25) is 0 Å². The van der Waals surface area contributed by atoms with Crippen LogP contribution in [0.1, 0.15) is 21.7 Å². The molecule has 0 aliphatic rings. The van der Waals surface area contributed by atoms with Gasteiger partial charge in [0.1, 0.15) is 0 Å². The summed E-state index contributed by atoms with van der Waals surface area (Å²) in [6.45, 7) is 4.04. The van der Waals surface area contributed by atoms with E-state index < -0.39 is 0 Å². The molecule has 1 N–H and O–H groups in total. The van der Waals surface area contributed by atoms with Crippen LogP contribution in [0.15, 0.2) is 39.4 Å². The highest BCUT2D eigenvalue weighted by Gasteiger charge is 2.10. The van der Waals surface area contributed by atoms with Crippen LogP contribution in [0.3, 0.4) is 0 Å². The van der Waals surface area contributed by atoms with Crippen molar-refractivity contribution in [3.8, 4) is 0 Å². The van der Waals surface area contributed by atoms with Gasteiger partial charge in [-0.25, -0.2) is 0 Å². The zero-order chi connectivity index (χ0) is 12.4. The molecule has 1 heterocycles. The second kappa shape index (κ2) is 4.75. The molecule has 1 aromatic carbocycles. The van der Waals surface area contributed by atoms with Crippen LogP contribution in [-0.4, -0.2) is 5.91 Å². The molecule has 0 bridgehead atoms. The molecule has 0 saturated heterocycles. The lowest BCUT2D eigenvalue weighted by atomic mass is 10.1. The maximum absolute atomic E-state index is 11.8. The molecule has 4 heteroatoms. The Bertz CT molecular complexity index is 560. The highest BCUT2D eigenvalue weighted by Crippen LogP contribution is 2.18. The third-order valence-electron chi connectivity index (χ3n) is 2.56. The number of aryl methyl sites for hydroxylation is 2. The Morgan fingerprint density at radius 1 is 1.18 bits per heavy atom. The summed E-state index contributed by atoms with van der Waals surface area (Å²) in [4.78, 5) is 11.8. The van der Waals surface area contributed by atoms with E-state index in [2.05, 4.69) is 21.2 Å². The Kier molecular flexibility index (Phi) is 3.33. The lowest BCUT2D eigenvalue weighted by Gasteiger charge is -2.06. The molecule has 0 atom stereocenters. The van der Waals surface area contributed by atoms with Crippen molar-refractivity contribution in [1.82, 2.24) is 0 Å². The van der Waals surface area contributed by atoms with Crippen LogP contribution < -0.4 is 5.32 Å². The number of benzene rings is 1. The number of halogens is 1. The first-order valence-corrected chi connectivity index (χ1v) is 5.99. The zero-order valence-corrected chi connectivity index (χ0v) is 11.2. The number of carbonyl (C=O) groups is 1. The van der Waals surface area contributed by atoms with Crippen molar-refractivity contribution >= 4 is 27.5 Å². The van der Waals surface area contributed by atoms with Crippen molar-refractivity contribution in [2.24, 2.45) is 0 Å². The average Bonchev–Trinajstić information content (AvgIpc) is 2.70. The monoisotopic (exact) mass is 293 g/mol. The third-order valence-corrected chi connectivity index (χ3v) is 2.99. The summed E-state index contributed by atoms with van der Waals surface area (Å²) < 4.78 is 5.72. The standard InChI is InChI=1S/C13H12BrNO2/c1-8-3-4-10(7-9(8)2)15-13(16)11-5-6-12(14)17-11/h3-7H,1-2H3,(H,15,16). The molecule has 0 aliphatic heterocycles. The van der Waals surface area contributed by atoms with Gasteiger partial charge < -0.3 is 9.73 Å². The average molecular weight is 294 g/mol. The van der Waals surface area contributed by atoms with Gasteiger partial charge in [0, 0.05) is 5.69 Å². The number of furan rings is 1. The Hall–Kier alpha value is -1.55. The SMILES string of the molecule is Cc1ccc(NC(=O)c2ccc(Br)o2)cc1C. The van der Waals surface area contributed by atoms with Crippen LogP contribution in [0.5, 0.6) is 0 Å². The number of hydrogen-bond donors (Lipinski definition) is 1. The van der Waals surface area contributed by atoms with E-state index in [4.69, 9.17) is 4.42 Å². The van der Waals surface area contributed by atoms with Gasteiger partial charge in [-0.15, -0.1) is 0 Å². The van der Waals surface area contributed by atoms with E-state index >= 15 is 0 Å². The lowest BCUT2D eigenvalue weighted by molar-refractivity contribution is 0.0995. The van der Waals surface area contributed by atoms with Crippen molar-refractivity contribution in [3.63, 3.8) is 0 Å². The third kappa shape index (κ3) is 2.77. The summed E-state index contributed by atoms with van der Waals surface area (Å²) in [6.07, 6.45) is 0. The van der Waals surface area contributed by atoms with Gasteiger partial charge in [0.25, 0.3) is 5.91 Å². The van der Waals surface area contributed by atoms with Gasteiger partial charge in [-0.05, 0) is 65.2 Å². The Labute approximate surface area is 108 Å². The molecule has 0 aliphatic carbocycles. The number of anilines is 1. The minimum atomic E-state index is -0.251. The predicted molar refractivity (Wildman–Crippen MR) is 70.3 cm³/mol. The quantitative estimate of drug-likeness (QED) is 0.912. The number of amides is 1. The molecule has 88 valence electrons. The first-order valence-electron chi connectivity index (χ1n) is 5.20. The second-order valence-corrected chi connectivity index (χ2v) is 4.64. The number of nitrogens with one attached hydrogen (secondary N) is 1. The second-order valence-electron chi connectivity index (χ2n) is 3.86. The summed E-state index contributed by atoms with van der Waals surface area (Å²) >= 11 is 3.16. The number of hydrogen-bond acceptors (Lipinski definition) is 2. The van der Waals surface area contributed by atoms with Gasteiger partial charge in [-0.3, -0.25) is 4.79 Å². The van der Waals surface area contributed by atoms with Crippen LogP contribution in [0.4, 0.5) is 5.69 Å². The molecule has 0 fully saturated rings. The molecule has 2 rings (SSSR count). The summed E-state index contributed by atoms with van der Waals surface area (Å²) in [5.74, 6) is 0.0362. The first kappa shape index (κ1) is 11.9. The summed E-state index contributed by atoms with van der Waals surface area (Å²) in [6, 6.07) is 9.10. The molecule has 0 radical (unpaired) electrons. The van der Waals surface area contributed by atoms with Crippen molar-refractivity contribution in [3.05, 3.63) is 51.9 Å². The molecule has 1 amide bonds. The smallest absolute Gasteiger partial charge is 0.291 e. The van der Waals surface area contributed by atoms with Crippen molar-refractivity contribution in [1.29, 1.82) is 0 Å². The Morgan fingerprint density at radius 2 is 1.94 bits per heavy atom. The molecule has 17 heavy (non-hydrogen) atoms. The summed E-state index contributed by atoms with van der Waals surface area (Å²) in [7, 11) is 0. The van der Waals surface area contributed by atoms with E-state index in [-0.39, 0.29) is 11.7 Å². The first-order chi connectivity index (χ1) is 8.06. The Morgan fingerprint density at radius 3 is 2.53 bits per heavy atom. The van der Waals surface area contributed by atoms with Gasteiger partial charge in [-0.2, -0.15) is 0 Å².